The van der Waals surface area contributed by atoms with Crippen LogP contribution in [0.4, 0.5) is 24.5 Å². The molecule has 0 aliphatic rings. The molecule has 4 nitrogen and oxygen atoms in total. The third-order valence-electron chi connectivity index (χ3n) is 2.77. The molecule has 2 aromatic rings. The third-order valence-corrected chi connectivity index (χ3v) is 2.77. The van der Waals surface area contributed by atoms with E-state index >= 15 is 0 Å². The lowest BCUT2D eigenvalue weighted by atomic mass is 10.1. The van der Waals surface area contributed by atoms with E-state index in [1.807, 2.05) is 6.92 Å². The van der Waals surface area contributed by atoms with Crippen molar-refractivity contribution in [1.82, 2.24) is 4.98 Å². The number of aromatic nitrogens is 1. The van der Waals surface area contributed by atoms with Gasteiger partial charge in [-0.15, -0.1) is 0 Å². The van der Waals surface area contributed by atoms with Gasteiger partial charge in [0.25, 0.3) is 5.91 Å². The molecule has 0 unspecified atom stereocenters. The molecule has 3 N–H and O–H groups in total. The number of nitrogens with two attached hydrogens (primary N) is 1. The van der Waals surface area contributed by atoms with Gasteiger partial charge in [0.05, 0.1) is 16.9 Å². The summed E-state index contributed by atoms with van der Waals surface area (Å²) in [6, 6.07) is 5.97. The van der Waals surface area contributed by atoms with Gasteiger partial charge >= 0.3 is 6.18 Å². The summed E-state index contributed by atoms with van der Waals surface area (Å²) in [5.74, 6) is -0.540. The van der Waals surface area contributed by atoms with Crippen LogP contribution >= 0.6 is 0 Å². The molecule has 0 aliphatic carbocycles. The quantitative estimate of drug-likeness (QED) is 0.836. The van der Waals surface area contributed by atoms with Crippen molar-refractivity contribution in [2.75, 3.05) is 11.1 Å². The molecule has 0 fully saturated rings. The maximum atomic E-state index is 12.5. The summed E-state index contributed by atoms with van der Waals surface area (Å²) in [5.41, 5.74) is 5.65. The third kappa shape index (κ3) is 3.50. The Bertz CT molecular complexity index is 666. The van der Waals surface area contributed by atoms with E-state index in [0.29, 0.717) is 0 Å². The van der Waals surface area contributed by atoms with Crippen LogP contribution in [0.1, 0.15) is 21.6 Å². The fourth-order valence-corrected chi connectivity index (χ4v) is 1.64. The van der Waals surface area contributed by atoms with E-state index in [1.165, 1.54) is 12.3 Å². The summed E-state index contributed by atoms with van der Waals surface area (Å²) in [6.45, 7) is 1.82. The van der Waals surface area contributed by atoms with Gasteiger partial charge in [-0.1, -0.05) is 6.07 Å². The molecule has 0 bridgehead atoms. The summed E-state index contributed by atoms with van der Waals surface area (Å²) in [7, 11) is 0. The maximum Gasteiger partial charge on any atom is 0.416 e. The highest BCUT2D eigenvalue weighted by atomic mass is 19.4. The molecular weight excluding hydrogens is 283 g/mol. The molecule has 0 radical (unpaired) electrons. The number of nitrogen functional groups attached to an aromatic ring is 1. The first kappa shape index (κ1) is 14.8. The number of nitrogens with one attached hydrogen (secondary N) is 1. The number of aryl methyl sites for hydroxylation is 1. The summed E-state index contributed by atoms with van der Waals surface area (Å²) in [4.78, 5) is 15.8. The Morgan fingerprint density at radius 1 is 1.24 bits per heavy atom. The Morgan fingerprint density at radius 2 is 1.95 bits per heavy atom. The lowest BCUT2D eigenvalue weighted by Crippen LogP contribution is -2.15. The zero-order valence-corrected chi connectivity index (χ0v) is 11.0. The predicted molar refractivity (Wildman–Crippen MR) is 72.8 cm³/mol. The minimum Gasteiger partial charge on any atom is -0.397 e. The van der Waals surface area contributed by atoms with E-state index < -0.39 is 17.6 Å². The normalized spacial score (nSPS) is 11.2. The number of nitrogens with zero attached hydrogens (tertiary/aromatic N) is 1. The molecule has 1 aromatic heterocycles. The largest absolute Gasteiger partial charge is 0.416 e. The highest BCUT2D eigenvalue weighted by Crippen LogP contribution is 2.32. The van der Waals surface area contributed by atoms with Gasteiger partial charge in [-0.3, -0.25) is 9.78 Å². The number of halogens is 3. The Labute approximate surface area is 118 Å². The van der Waals surface area contributed by atoms with E-state index in [-0.39, 0.29) is 17.1 Å². The zero-order valence-electron chi connectivity index (χ0n) is 11.0. The number of amides is 1. The highest BCUT2D eigenvalue weighted by molar-refractivity contribution is 6.04. The van der Waals surface area contributed by atoms with Gasteiger partial charge in [-0.05, 0) is 36.8 Å². The second kappa shape index (κ2) is 5.43. The van der Waals surface area contributed by atoms with E-state index in [0.717, 1.165) is 23.8 Å². The van der Waals surface area contributed by atoms with Crippen molar-refractivity contribution in [2.24, 2.45) is 0 Å². The van der Waals surface area contributed by atoms with E-state index in [2.05, 4.69) is 10.3 Å². The molecule has 0 atom stereocenters. The maximum absolute atomic E-state index is 12.5. The molecule has 0 spiro atoms. The van der Waals surface area contributed by atoms with Crippen LogP contribution in [0.15, 0.2) is 36.5 Å². The van der Waals surface area contributed by atoms with Gasteiger partial charge in [-0.2, -0.15) is 13.2 Å². The van der Waals surface area contributed by atoms with Gasteiger partial charge in [0, 0.05) is 6.20 Å². The Hall–Kier alpha value is -2.57. The molecule has 0 saturated carbocycles. The first-order chi connectivity index (χ1) is 9.77. The number of hydrogen-bond donors (Lipinski definition) is 2. The predicted octanol–water partition coefficient (Wildman–Crippen LogP) is 3.24. The summed E-state index contributed by atoms with van der Waals surface area (Å²) in [6.07, 6.45) is -2.96. The van der Waals surface area contributed by atoms with E-state index in [4.69, 9.17) is 5.73 Å². The molecule has 0 saturated heterocycles. The van der Waals surface area contributed by atoms with Gasteiger partial charge in [0.15, 0.2) is 0 Å². The molecule has 1 heterocycles. The van der Waals surface area contributed by atoms with Crippen LogP contribution in [0.3, 0.4) is 0 Å². The van der Waals surface area contributed by atoms with Crippen LogP contribution in [0.5, 0.6) is 0 Å². The van der Waals surface area contributed by atoms with Crippen molar-refractivity contribution in [3.63, 3.8) is 0 Å². The number of carbonyl (C=O) groups excluding carboxylic acids is 1. The number of carbonyl (C=O) groups is 1. The molecule has 1 aromatic carbocycles. The molecule has 0 aliphatic heterocycles. The molecular formula is C14H12F3N3O. The van der Waals surface area contributed by atoms with Crippen LogP contribution in [-0.2, 0) is 6.18 Å². The standard InChI is InChI=1S/C14H12F3N3O/c1-8-2-4-12(19-7-8)13(21)20-11-5-3-9(6-10(11)18)14(15,16)17/h2-7H,18H2,1H3,(H,20,21). The van der Waals surface area contributed by atoms with Crippen molar-refractivity contribution in [3.8, 4) is 0 Å². The molecule has 1 amide bonds. The second-order valence-electron chi connectivity index (χ2n) is 4.47. The Kier molecular flexibility index (Phi) is 3.84. The van der Waals surface area contributed by atoms with Crippen molar-refractivity contribution >= 4 is 17.3 Å². The van der Waals surface area contributed by atoms with Gasteiger partial charge in [-0.25, -0.2) is 0 Å². The average molecular weight is 295 g/mol. The monoisotopic (exact) mass is 295 g/mol. The van der Waals surface area contributed by atoms with E-state index in [1.54, 1.807) is 6.07 Å². The topological polar surface area (TPSA) is 68.0 Å². The molecule has 110 valence electrons. The van der Waals surface area contributed by atoms with Gasteiger partial charge in [0.2, 0.25) is 0 Å². The van der Waals surface area contributed by atoms with Crippen LogP contribution in [0, 0.1) is 6.92 Å². The summed E-state index contributed by atoms with van der Waals surface area (Å²) in [5, 5.41) is 2.43. The first-order valence-electron chi connectivity index (χ1n) is 5.98. The van der Waals surface area contributed by atoms with Crippen molar-refractivity contribution in [2.45, 2.75) is 13.1 Å². The molecule has 7 heteroatoms. The number of alkyl halides is 3. The number of rotatable bonds is 2. The minimum absolute atomic E-state index is 0.107. The van der Waals surface area contributed by atoms with Crippen LogP contribution in [0.25, 0.3) is 0 Å². The molecule has 2 rings (SSSR count). The lowest BCUT2D eigenvalue weighted by molar-refractivity contribution is -0.137. The Morgan fingerprint density at radius 3 is 2.48 bits per heavy atom. The fourth-order valence-electron chi connectivity index (χ4n) is 1.64. The highest BCUT2D eigenvalue weighted by Gasteiger charge is 2.30. The Balaban J connectivity index is 2.20. The number of hydrogen-bond acceptors (Lipinski definition) is 3. The minimum atomic E-state index is -4.48. The summed E-state index contributed by atoms with van der Waals surface area (Å²) >= 11 is 0. The second-order valence-corrected chi connectivity index (χ2v) is 4.47. The van der Waals surface area contributed by atoms with Crippen LogP contribution in [0.2, 0.25) is 0 Å². The summed E-state index contributed by atoms with van der Waals surface area (Å²) < 4.78 is 37.5. The SMILES string of the molecule is Cc1ccc(C(=O)Nc2ccc(C(F)(F)F)cc2N)nc1. The number of pyridine rings is 1. The van der Waals surface area contributed by atoms with E-state index in [9.17, 15) is 18.0 Å². The van der Waals surface area contributed by atoms with Gasteiger partial charge < -0.3 is 11.1 Å². The number of benzene rings is 1. The van der Waals surface area contributed by atoms with Crippen molar-refractivity contribution in [3.05, 3.63) is 53.3 Å². The van der Waals surface area contributed by atoms with Crippen molar-refractivity contribution < 1.29 is 18.0 Å². The lowest BCUT2D eigenvalue weighted by Gasteiger charge is -2.11. The average Bonchev–Trinajstić information content (AvgIpc) is 2.40. The first-order valence-corrected chi connectivity index (χ1v) is 5.98. The van der Waals surface area contributed by atoms with Crippen LogP contribution in [-0.4, -0.2) is 10.9 Å². The number of anilines is 2. The fraction of sp³-hybridized carbons (Fsp3) is 0.143. The van der Waals surface area contributed by atoms with Crippen molar-refractivity contribution in [1.29, 1.82) is 0 Å². The van der Waals surface area contributed by atoms with Crippen LogP contribution < -0.4 is 11.1 Å². The van der Waals surface area contributed by atoms with Gasteiger partial charge in [0.1, 0.15) is 5.69 Å². The molecule has 21 heavy (non-hydrogen) atoms. The zero-order chi connectivity index (χ0) is 15.6. The smallest absolute Gasteiger partial charge is 0.397 e.